The maximum absolute atomic E-state index is 11.5. The Morgan fingerprint density at radius 2 is 2.31 bits per heavy atom. The Hall–Kier alpha value is -1.68. The van der Waals surface area contributed by atoms with Crippen LogP contribution in [-0.4, -0.2) is 21.9 Å². The third-order valence-electron chi connectivity index (χ3n) is 3.02. The van der Waals surface area contributed by atoms with Gasteiger partial charge in [-0.2, -0.15) is 0 Å². The van der Waals surface area contributed by atoms with Crippen LogP contribution in [0.3, 0.4) is 0 Å². The number of nitrogens with zero attached hydrogens (tertiary/aromatic N) is 2. The van der Waals surface area contributed by atoms with Crippen LogP contribution in [0.1, 0.15) is 29.2 Å². The van der Waals surface area contributed by atoms with Crippen LogP contribution in [-0.2, 0) is 0 Å². The second-order valence-corrected chi connectivity index (χ2v) is 4.21. The van der Waals surface area contributed by atoms with Gasteiger partial charge < -0.3 is 10.3 Å². The predicted octanol–water partition coefficient (Wildman–Crippen LogP) is 1.51. The molecule has 16 heavy (non-hydrogen) atoms. The molecule has 82 valence electrons. The molecule has 4 heteroatoms. The molecule has 0 atom stereocenters. The fourth-order valence-electron chi connectivity index (χ4n) is 1.97. The highest BCUT2D eigenvalue weighted by Crippen LogP contribution is 2.37. The van der Waals surface area contributed by atoms with Crippen molar-refractivity contribution in [2.75, 3.05) is 6.54 Å². The van der Waals surface area contributed by atoms with Gasteiger partial charge in [0.1, 0.15) is 0 Å². The van der Waals surface area contributed by atoms with Crippen LogP contribution in [0.4, 0.5) is 0 Å². The second kappa shape index (κ2) is 3.42. The SMILES string of the molecule is NCC(=O)c1ccc2c(c1)ncn2C1CC1. The Bertz CT molecular complexity index is 554. The minimum absolute atomic E-state index is 0.0390. The minimum atomic E-state index is -0.0390. The van der Waals surface area contributed by atoms with Crippen molar-refractivity contribution in [3.63, 3.8) is 0 Å². The lowest BCUT2D eigenvalue weighted by atomic mass is 10.1. The average Bonchev–Trinajstić information content (AvgIpc) is 3.08. The summed E-state index contributed by atoms with van der Waals surface area (Å²) in [5.74, 6) is -0.0390. The van der Waals surface area contributed by atoms with Crippen LogP contribution in [0.15, 0.2) is 24.5 Å². The molecule has 0 spiro atoms. The zero-order valence-corrected chi connectivity index (χ0v) is 8.89. The molecule has 3 rings (SSSR count). The molecule has 4 nitrogen and oxygen atoms in total. The fraction of sp³-hybridized carbons (Fsp3) is 0.333. The van der Waals surface area contributed by atoms with E-state index in [-0.39, 0.29) is 12.3 Å². The molecule has 0 bridgehead atoms. The number of ketones is 1. The Kier molecular flexibility index (Phi) is 2.04. The number of hydrogen-bond acceptors (Lipinski definition) is 3. The van der Waals surface area contributed by atoms with Crippen LogP contribution in [0, 0.1) is 0 Å². The number of aromatic nitrogens is 2. The summed E-state index contributed by atoms with van der Waals surface area (Å²) in [5.41, 5.74) is 7.97. The molecule has 1 aromatic carbocycles. The second-order valence-electron chi connectivity index (χ2n) is 4.21. The number of carbonyl (C=O) groups excluding carboxylic acids is 1. The summed E-state index contributed by atoms with van der Waals surface area (Å²) >= 11 is 0. The van der Waals surface area contributed by atoms with E-state index in [0.29, 0.717) is 11.6 Å². The number of benzene rings is 1. The molecular weight excluding hydrogens is 202 g/mol. The first-order chi connectivity index (χ1) is 7.79. The van der Waals surface area contributed by atoms with E-state index in [1.807, 2.05) is 24.5 Å². The molecule has 1 heterocycles. The van der Waals surface area contributed by atoms with Gasteiger partial charge in [0.25, 0.3) is 0 Å². The summed E-state index contributed by atoms with van der Waals surface area (Å²) in [6, 6.07) is 6.23. The molecular formula is C12H13N3O. The molecule has 0 unspecified atom stereocenters. The van der Waals surface area contributed by atoms with E-state index in [9.17, 15) is 4.79 Å². The van der Waals surface area contributed by atoms with Crippen molar-refractivity contribution < 1.29 is 4.79 Å². The normalized spacial score (nSPS) is 15.6. The van der Waals surface area contributed by atoms with Gasteiger partial charge >= 0.3 is 0 Å². The van der Waals surface area contributed by atoms with Gasteiger partial charge in [0, 0.05) is 11.6 Å². The Morgan fingerprint density at radius 3 is 3.00 bits per heavy atom. The Morgan fingerprint density at radius 1 is 1.50 bits per heavy atom. The van der Waals surface area contributed by atoms with Crippen LogP contribution in [0.2, 0.25) is 0 Å². The van der Waals surface area contributed by atoms with Gasteiger partial charge in [-0.05, 0) is 31.0 Å². The van der Waals surface area contributed by atoms with E-state index in [2.05, 4.69) is 9.55 Å². The molecule has 1 saturated carbocycles. The highest BCUT2D eigenvalue weighted by Gasteiger charge is 2.24. The molecule has 2 N–H and O–H groups in total. The first kappa shape index (κ1) is 9.54. The number of nitrogens with two attached hydrogens (primary N) is 1. The summed E-state index contributed by atoms with van der Waals surface area (Å²) in [7, 11) is 0. The number of rotatable bonds is 3. The smallest absolute Gasteiger partial charge is 0.176 e. The number of fused-ring (bicyclic) bond motifs is 1. The topological polar surface area (TPSA) is 60.9 Å². The van der Waals surface area contributed by atoms with E-state index in [1.165, 1.54) is 12.8 Å². The van der Waals surface area contributed by atoms with Gasteiger partial charge in [-0.3, -0.25) is 4.79 Å². The largest absolute Gasteiger partial charge is 0.327 e. The predicted molar refractivity (Wildman–Crippen MR) is 61.4 cm³/mol. The molecule has 1 fully saturated rings. The fourth-order valence-corrected chi connectivity index (χ4v) is 1.97. The summed E-state index contributed by atoms with van der Waals surface area (Å²) < 4.78 is 2.19. The summed E-state index contributed by atoms with van der Waals surface area (Å²) in [5, 5.41) is 0. The zero-order valence-electron chi connectivity index (χ0n) is 8.89. The van der Waals surface area contributed by atoms with Crippen LogP contribution in [0.5, 0.6) is 0 Å². The van der Waals surface area contributed by atoms with E-state index in [1.54, 1.807) is 0 Å². The first-order valence-electron chi connectivity index (χ1n) is 5.49. The molecule has 2 aromatic rings. The number of carbonyl (C=O) groups is 1. The van der Waals surface area contributed by atoms with Gasteiger partial charge in [0.05, 0.1) is 23.9 Å². The van der Waals surface area contributed by atoms with Gasteiger partial charge in [0.15, 0.2) is 5.78 Å². The van der Waals surface area contributed by atoms with E-state index >= 15 is 0 Å². The van der Waals surface area contributed by atoms with Crippen LogP contribution in [0.25, 0.3) is 11.0 Å². The van der Waals surface area contributed by atoms with E-state index < -0.39 is 0 Å². The lowest BCUT2D eigenvalue weighted by Gasteiger charge is -2.01. The molecule has 1 aromatic heterocycles. The highest BCUT2D eigenvalue weighted by atomic mass is 16.1. The maximum Gasteiger partial charge on any atom is 0.176 e. The van der Waals surface area contributed by atoms with Crippen molar-refractivity contribution in [3.8, 4) is 0 Å². The van der Waals surface area contributed by atoms with Gasteiger partial charge in [0.2, 0.25) is 0 Å². The molecule has 0 aliphatic heterocycles. The third-order valence-corrected chi connectivity index (χ3v) is 3.02. The third kappa shape index (κ3) is 1.42. The van der Waals surface area contributed by atoms with Gasteiger partial charge in [-0.25, -0.2) is 4.98 Å². The summed E-state index contributed by atoms with van der Waals surface area (Å²) in [6.07, 6.45) is 4.32. The highest BCUT2D eigenvalue weighted by molar-refractivity contribution is 6.00. The zero-order chi connectivity index (χ0) is 11.1. The van der Waals surface area contributed by atoms with E-state index in [4.69, 9.17) is 5.73 Å². The number of imidazole rings is 1. The number of Topliss-reactive ketones (excluding diaryl/α,β-unsaturated/α-hetero) is 1. The van der Waals surface area contributed by atoms with Crippen molar-refractivity contribution in [1.29, 1.82) is 0 Å². The first-order valence-corrected chi connectivity index (χ1v) is 5.49. The standard InChI is InChI=1S/C12H13N3O/c13-6-12(16)8-1-4-11-10(5-8)14-7-15(11)9-2-3-9/h1,4-5,7,9H,2-3,6,13H2. The van der Waals surface area contributed by atoms with Crippen molar-refractivity contribution in [2.24, 2.45) is 5.73 Å². The monoisotopic (exact) mass is 215 g/mol. The Balaban J connectivity index is 2.09. The average molecular weight is 215 g/mol. The van der Waals surface area contributed by atoms with E-state index in [0.717, 1.165) is 11.0 Å². The lowest BCUT2D eigenvalue weighted by Crippen LogP contribution is -2.13. The quantitative estimate of drug-likeness (QED) is 0.789. The molecule has 1 aliphatic rings. The molecule has 1 aliphatic carbocycles. The van der Waals surface area contributed by atoms with Crippen molar-refractivity contribution in [2.45, 2.75) is 18.9 Å². The molecule has 0 radical (unpaired) electrons. The van der Waals surface area contributed by atoms with Crippen molar-refractivity contribution in [1.82, 2.24) is 9.55 Å². The Labute approximate surface area is 93.1 Å². The van der Waals surface area contributed by atoms with Crippen molar-refractivity contribution in [3.05, 3.63) is 30.1 Å². The molecule has 0 saturated heterocycles. The lowest BCUT2D eigenvalue weighted by molar-refractivity contribution is 0.100. The summed E-state index contributed by atoms with van der Waals surface area (Å²) in [6.45, 7) is 0.0504. The van der Waals surface area contributed by atoms with Crippen molar-refractivity contribution >= 4 is 16.8 Å². The number of hydrogen-bond donors (Lipinski definition) is 1. The summed E-state index contributed by atoms with van der Waals surface area (Å²) in [4.78, 5) is 15.8. The maximum atomic E-state index is 11.5. The minimum Gasteiger partial charge on any atom is -0.327 e. The van der Waals surface area contributed by atoms with Crippen LogP contribution < -0.4 is 5.73 Å². The molecule has 0 amide bonds. The van der Waals surface area contributed by atoms with Gasteiger partial charge in [-0.15, -0.1) is 0 Å². The van der Waals surface area contributed by atoms with Crippen LogP contribution >= 0.6 is 0 Å². The van der Waals surface area contributed by atoms with Gasteiger partial charge in [-0.1, -0.05) is 0 Å².